The third-order valence-electron chi connectivity index (χ3n) is 1.43. The van der Waals surface area contributed by atoms with Gasteiger partial charge in [0.05, 0.1) is 10.6 Å². The van der Waals surface area contributed by atoms with Gasteiger partial charge in [-0.2, -0.15) is 5.10 Å². The maximum Gasteiger partial charge on any atom is 0.425 e. The molecule has 0 aliphatic rings. The average Bonchev–Trinajstić information content (AvgIpc) is 2.58. The highest BCUT2D eigenvalue weighted by Crippen LogP contribution is 2.11. The van der Waals surface area contributed by atoms with Gasteiger partial charge in [0.25, 0.3) is 0 Å². The van der Waals surface area contributed by atoms with Crippen LogP contribution in [0.3, 0.4) is 0 Å². The Balaban J connectivity index is 2.73. The predicted octanol–water partition coefficient (Wildman–Crippen LogP) is 2.13. The third-order valence-corrected chi connectivity index (χ3v) is 2.35. The summed E-state index contributed by atoms with van der Waals surface area (Å²) in [5, 5.41) is 14.0. The zero-order valence-electron chi connectivity index (χ0n) is 7.15. The molecule has 0 saturated heterocycles. The van der Waals surface area contributed by atoms with Crippen LogP contribution in [0.5, 0.6) is 0 Å². The van der Waals surface area contributed by atoms with Crippen molar-refractivity contribution in [3.05, 3.63) is 22.4 Å². The fraction of sp³-hybridized carbons (Fsp3) is 0.250. The van der Waals surface area contributed by atoms with Crippen molar-refractivity contribution in [3.63, 3.8) is 0 Å². The second-order valence-electron chi connectivity index (χ2n) is 2.31. The van der Waals surface area contributed by atoms with E-state index in [4.69, 9.17) is 5.11 Å². The Hall–Kier alpha value is -1.36. The predicted molar refractivity (Wildman–Crippen MR) is 52.3 cm³/mol. The molecule has 1 aromatic heterocycles. The number of nitrogens with one attached hydrogen (secondary N) is 1. The number of hydrazone groups is 1. The lowest BCUT2D eigenvalue weighted by Gasteiger charge is -1.98. The summed E-state index contributed by atoms with van der Waals surface area (Å²) >= 11 is 1.54. The topological polar surface area (TPSA) is 61.7 Å². The molecule has 0 unspecified atom stereocenters. The molecule has 70 valence electrons. The van der Waals surface area contributed by atoms with Crippen molar-refractivity contribution in [1.82, 2.24) is 5.43 Å². The first kappa shape index (κ1) is 9.73. The highest BCUT2D eigenvalue weighted by atomic mass is 32.1. The Kier molecular flexibility index (Phi) is 3.45. The van der Waals surface area contributed by atoms with E-state index in [9.17, 15) is 4.79 Å². The van der Waals surface area contributed by atoms with Crippen LogP contribution in [0, 0.1) is 0 Å². The largest absolute Gasteiger partial charge is 0.464 e. The summed E-state index contributed by atoms with van der Waals surface area (Å²) in [6.07, 6.45) is -0.427. The number of amides is 1. The summed E-state index contributed by atoms with van der Waals surface area (Å²) < 4.78 is 0. The van der Waals surface area contributed by atoms with Crippen LogP contribution in [0.25, 0.3) is 0 Å². The lowest BCUT2D eigenvalue weighted by atomic mass is 10.2. The maximum absolute atomic E-state index is 10.2. The molecule has 2 N–H and O–H groups in total. The molecule has 1 aromatic rings. The molecule has 0 atom stereocenters. The van der Waals surface area contributed by atoms with Crippen LogP contribution in [-0.4, -0.2) is 16.9 Å². The minimum atomic E-state index is -1.14. The van der Waals surface area contributed by atoms with E-state index in [0.29, 0.717) is 6.42 Å². The van der Waals surface area contributed by atoms with Crippen LogP contribution in [0.2, 0.25) is 0 Å². The van der Waals surface area contributed by atoms with Crippen LogP contribution in [0.4, 0.5) is 4.79 Å². The van der Waals surface area contributed by atoms with Crippen molar-refractivity contribution in [3.8, 4) is 0 Å². The fourth-order valence-electron chi connectivity index (χ4n) is 0.866. The van der Waals surface area contributed by atoms with Crippen molar-refractivity contribution in [2.75, 3.05) is 0 Å². The van der Waals surface area contributed by atoms with Crippen molar-refractivity contribution in [1.29, 1.82) is 0 Å². The van der Waals surface area contributed by atoms with E-state index in [2.05, 4.69) is 5.10 Å². The van der Waals surface area contributed by atoms with Gasteiger partial charge in [0, 0.05) is 0 Å². The molecule has 0 aliphatic heterocycles. The lowest BCUT2D eigenvalue weighted by Crippen LogP contribution is -2.16. The first-order chi connectivity index (χ1) is 6.24. The minimum Gasteiger partial charge on any atom is -0.464 e. The molecule has 0 fully saturated rings. The van der Waals surface area contributed by atoms with Crippen molar-refractivity contribution in [2.45, 2.75) is 13.3 Å². The summed E-state index contributed by atoms with van der Waals surface area (Å²) in [6, 6.07) is 3.82. The SMILES string of the molecule is CCC(=NNC(=O)O)c1cccs1. The average molecular weight is 198 g/mol. The Morgan fingerprint density at radius 2 is 2.54 bits per heavy atom. The number of thiophene rings is 1. The van der Waals surface area contributed by atoms with Gasteiger partial charge in [-0.1, -0.05) is 13.0 Å². The summed E-state index contributed by atoms with van der Waals surface area (Å²) in [5.41, 5.74) is 2.76. The van der Waals surface area contributed by atoms with Crippen LogP contribution in [0.15, 0.2) is 22.6 Å². The van der Waals surface area contributed by atoms with Crippen LogP contribution in [0.1, 0.15) is 18.2 Å². The molecule has 0 aromatic carbocycles. The number of carboxylic acid groups (broad SMARTS) is 1. The van der Waals surface area contributed by atoms with E-state index in [-0.39, 0.29) is 0 Å². The second-order valence-corrected chi connectivity index (χ2v) is 3.25. The summed E-state index contributed by atoms with van der Waals surface area (Å²) in [7, 11) is 0. The number of rotatable bonds is 3. The van der Waals surface area contributed by atoms with Crippen molar-refractivity contribution >= 4 is 23.1 Å². The molecule has 13 heavy (non-hydrogen) atoms. The van der Waals surface area contributed by atoms with E-state index >= 15 is 0 Å². The molecule has 0 aliphatic carbocycles. The van der Waals surface area contributed by atoms with Gasteiger partial charge in [-0.05, 0) is 17.9 Å². The zero-order chi connectivity index (χ0) is 9.68. The Morgan fingerprint density at radius 1 is 1.77 bits per heavy atom. The fourth-order valence-corrected chi connectivity index (χ4v) is 1.65. The monoisotopic (exact) mass is 198 g/mol. The van der Waals surface area contributed by atoms with Crippen molar-refractivity contribution in [2.24, 2.45) is 5.10 Å². The van der Waals surface area contributed by atoms with E-state index in [1.54, 1.807) is 11.3 Å². The quantitative estimate of drug-likeness (QED) is 0.577. The van der Waals surface area contributed by atoms with Crippen LogP contribution < -0.4 is 5.43 Å². The van der Waals surface area contributed by atoms with Gasteiger partial charge in [-0.3, -0.25) is 0 Å². The molecule has 0 bridgehead atoms. The number of hydrogen-bond acceptors (Lipinski definition) is 3. The molecule has 1 rings (SSSR count). The zero-order valence-corrected chi connectivity index (χ0v) is 7.97. The van der Waals surface area contributed by atoms with Gasteiger partial charge in [0.1, 0.15) is 0 Å². The molecule has 1 amide bonds. The summed E-state index contributed by atoms with van der Waals surface area (Å²) in [5.74, 6) is 0. The van der Waals surface area contributed by atoms with Gasteiger partial charge in [0.2, 0.25) is 0 Å². The molecule has 1 heterocycles. The van der Waals surface area contributed by atoms with Gasteiger partial charge >= 0.3 is 6.09 Å². The van der Waals surface area contributed by atoms with Gasteiger partial charge in [-0.25, -0.2) is 10.2 Å². The molecular weight excluding hydrogens is 188 g/mol. The highest BCUT2D eigenvalue weighted by Gasteiger charge is 2.02. The molecule has 0 saturated carbocycles. The number of carbonyl (C=O) groups is 1. The molecule has 0 radical (unpaired) electrons. The Morgan fingerprint density at radius 3 is 3.00 bits per heavy atom. The molecule has 0 spiro atoms. The normalized spacial score (nSPS) is 11.3. The number of hydrogen-bond donors (Lipinski definition) is 2. The van der Waals surface area contributed by atoms with Crippen molar-refractivity contribution < 1.29 is 9.90 Å². The molecule has 5 heteroatoms. The van der Waals surface area contributed by atoms with E-state index < -0.39 is 6.09 Å². The Labute approximate surface area is 79.9 Å². The lowest BCUT2D eigenvalue weighted by molar-refractivity contribution is 0.195. The van der Waals surface area contributed by atoms with Crippen LogP contribution >= 0.6 is 11.3 Å². The molecule has 4 nitrogen and oxygen atoms in total. The second kappa shape index (κ2) is 4.61. The summed E-state index contributed by atoms with van der Waals surface area (Å²) in [6.45, 7) is 1.93. The highest BCUT2D eigenvalue weighted by molar-refractivity contribution is 7.12. The molecular formula is C8H10N2O2S. The Bertz CT molecular complexity index is 306. The summed E-state index contributed by atoms with van der Waals surface area (Å²) in [4.78, 5) is 11.2. The van der Waals surface area contributed by atoms with E-state index in [0.717, 1.165) is 10.6 Å². The smallest absolute Gasteiger partial charge is 0.425 e. The van der Waals surface area contributed by atoms with E-state index in [1.165, 1.54) is 0 Å². The first-order valence-corrected chi connectivity index (χ1v) is 4.71. The minimum absolute atomic E-state index is 0.709. The van der Waals surface area contributed by atoms with E-state index in [1.807, 2.05) is 29.9 Å². The third kappa shape index (κ3) is 2.87. The van der Waals surface area contributed by atoms with Gasteiger partial charge in [-0.15, -0.1) is 11.3 Å². The van der Waals surface area contributed by atoms with Gasteiger partial charge in [0.15, 0.2) is 0 Å². The van der Waals surface area contributed by atoms with Crippen LogP contribution in [-0.2, 0) is 0 Å². The maximum atomic E-state index is 10.2. The number of nitrogens with zero attached hydrogens (tertiary/aromatic N) is 1. The standard InChI is InChI=1S/C8H10N2O2S/c1-2-6(9-10-8(11)12)7-4-3-5-13-7/h3-5,10H,2H2,1H3,(H,11,12). The first-order valence-electron chi connectivity index (χ1n) is 3.83. The van der Waals surface area contributed by atoms with Gasteiger partial charge < -0.3 is 5.11 Å².